The molecular weight excluding hydrogens is 579 g/mol. The van der Waals surface area contributed by atoms with E-state index >= 15 is 4.39 Å². The number of carbonyl (C=O) groups excluding carboxylic acids is 2. The van der Waals surface area contributed by atoms with Gasteiger partial charge in [0.25, 0.3) is 11.8 Å². The van der Waals surface area contributed by atoms with Crippen LogP contribution in [0.1, 0.15) is 37.9 Å². The van der Waals surface area contributed by atoms with Crippen molar-refractivity contribution in [3.05, 3.63) is 94.1 Å². The number of rotatable bonds is 9. The second-order valence-electron chi connectivity index (χ2n) is 9.83. The van der Waals surface area contributed by atoms with Crippen LogP contribution in [0.5, 0.6) is 5.75 Å². The summed E-state index contributed by atoms with van der Waals surface area (Å²) in [6.45, 7) is 3.07. The molecule has 4 aromatic rings. The van der Waals surface area contributed by atoms with E-state index in [0.29, 0.717) is 53.8 Å². The van der Waals surface area contributed by atoms with Gasteiger partial charge in [0.05, 0.1) is 49.8 Å². The van der Waals surface area contributed by atoms with E-state index in [2.05, 4.69) is 20.6 Å². The van der Waals surface area contributed by atoms with Crippen molar-refractivity contribution in [2.45, 2.75) is 13.0 Å². The summed E-state index contributed by atoms with van der Waals surface area (Å²) >= 11 is 6.06. The molecule has 13 heteroatoms. The maximum atomic E-state index is 15.1. The number of benzene rings is 2. The number of hydrogen-bond donors (Lipinski definition) is 3. The molecule has 0 saturated carbocycles. The minimum atomic E-state index is -0.716. The van der Waals surface area contributed by atoms with E-state index in [1.54, 1.807) is 53.5 Å². The molecule has 3 N–H and O–H groups in total. The molecule has 11 nitrogen and oxygen atoms in total. The van der Waals surface area contributed by atoms with E-state index < -0.39 is 23.7 Å². The van der Waals surface area contributed by atoms with Gasteiger partial charge in [0.1, 0.15) is 17.4 Å². The van der Waals surface area contributed by atoms with Crippen LogP contribution in [0, 0.1) is 12.7 Å². The zero-order valence-corrected chi connectivity index (χ0v) is 24.3. The second-order valence-corrected chi connectivity index (χ2v) is 10.3. The van der Waals surface area contributed by atoms with Crippen LogP contribution in [0.2, 0.25) is 5.02 Å². The van der Waals surface area contributed by atoms with Gasteiger partial charge in [-0.1, -0.05) is 23.7 Å². The van der Waals surface area contributed by atoms with Crippen LogP contribution in [0.15, 0.2) is 61.1 Å². The number of methoxy groups -OCH3 is 1. The number of ether oxygens (including phenoxy) is 2. The molecule has 0 bridgehead atoms. The summed E-state index contributed by atoms with van der Waals surface area (Å²) in [5, 5.41) is 16.1. The third kappa shape index (κ3) is 6.77. The van der Waals surface area contributed by atoms with Gasteiger partial charge >= 0.3 is 0 Å². The largest absolute Gasteiger partial charge is 0.495 e. The zero-order chi connectivity index (χ0) is 30.5. The number of carbonyl (C=O) groups is 2. The van der Waals surface area contributed by atoms with Gasteiger partial charge in [0.15, 0.2) is 0 Å². The SMILES string of the molecule is COc1cc(C(=O)N2CCOCC2)c(F)cc1Nc1ncc(C)c(-n2ccc(C(=O)NC(CO)c3cccc(Cl)c3)c2)n1. The first-order valence-corrected chi connectivity index (χ1v) is 13.9. The van der Waals surface area contributed by atoms with Gasteiger partial charge in [-0.05, 0) is 36.8 Å². The number of anilines is 2. The molecule has 1 aliphatic rings. The molecule has 3 heterocycles. The van der Waals surface area contributed by atoms with Crippen LogP contribution >= 0.6 is 11.6 Å². The van der Waals surface area contributed by atoms with Gasteiger partial charge in [0.2, 0.25) is 5.95 Å². The van der Waals surface area contributed by atoms with Crippen molar-refractivity contribution in [2.75, 3.05) is 45.3 Å². The summed E-state index contributed by atoms with van der Waals surface area (Å²) in [5.74, 6) is -0.691. The van der Waals surface area contributed by atoms with Crippen molar-refractivity contribution >= 4 is 35.1 Å². The number of amides is 2. The highest BCUT2D eigenvalue weighted by Crippen LogP contribution is 2.31. The lowest BCUT2D eigenvalue weighted by atomic mass is 10.1. The molecule has 5 rings (SSSR count). The third-order valence-electron chi connectivity index (χ3n) is 6.95. The third-order valence-corrected chi connectivity index (χ3v) is 7.18. The van der Waals surface area contributed by atoms with Crippen molar-refractivity contribution in [1.29, 1.82) is 0 Å². The predicted molar refractivity (Wildman–Crippen MR) is 158 cm³/mol. The van der Waals surface area contributed by atoms with E-state index in [1.165, 1.54) is 24.1 Å². The first kappa shape index (κ1) is 30.0. The minimum absolute atomic E-state index is 0.105. The van der Waals surface area contributed by atoms with Gasteiger partial charge in [-0.3, -0.25) is 9.59 Å². The number of aryl methyl sites for hydroxylation is 1. The fourth-order valence-electron chi connectivity index (χ4n) is 4.66. The Labute approximate surface area is 252 Å². The van der Waals surface area contributed by atoms with Crippen molar-refractivity contribution in [3.63, 3.8) is 0 Å². The number of aromatic nitrogens is 3. The van der Waals surface area contributed by atoms with Crippen LogP contribution in [0.3, 0.4) is 0 Å². The predicted octanol–water partition coefficient (Wildman–Crippen LogP) is 4.06. The fraction of sp³-hybridized carbons (Fsp3) is 0.267. The van der Waals surface area contributed by atoms with Crippen molar-refractivity contribution in [2.24, 2.45) is 0 Å². The van der Waals surface area contributed by atoms with Gasteiger partial charge in [-0.15, -0.1) is 0 Å². The standard InChI is InChI=1S/C30H30ClFN6O5/c1-18-15-33-30(35-24-14-23(32)22(13-26(24)42-2)29(41)37-8-10-43-11-9-37)36-27(18)38-7-6-20(16-38)28(40)34-25(17-39)19-4-3-5-21(31)12-19/h3-7,12-16,25,39H,8-11,17H2,1-2H3,(H,34,40)(H,33,35,36). The van der Waals surface area contributed by atoms with E-state index in [-0.39, 0.29) is 29.6 Å². The summed E-state index contributed by atoms with van der Waals surface area (Å²) in [7, 11) is 1.42. The number of halogens is 2. The highest BCUT2D eigenvalue weighted by Gasteiger charge is 2.24. The fourth-order valence-corrected chi connectivity index (χ4v) is 4.86. The average molecular weight is 609 g/mol. The number of nitrogens with zero attached hydrogens (tertiary/aromatic N) is 4. The molecule has 0 spiro atoms. The second kappa shape index (κ2) is 13.2. The van der Waals surface area contributed by atoms with E-state index in [4.69, 9.17) is 21.1 Å². The molecule has 0 radical (unpaired) electrons. The quantitative estimate of drug-likeness (QED) is 0.259. The number of morpholine rings is 1. The van der Waals surface area contributed by atoms with Crippen LogP contribution in [-0.2, 0) is 4.74 Å². The van der Waals surface area contributed by atoms with Gasteiger partial charge in [-0.2, -0.15) is 4.98 Å². The first-order valence-electron chi connectivity index (χ1n) is 13.5. The summed E-state index contributed by atoms with van der Waals surface area (Å²) in [4.78, 5) is 36.3. The molecule has 0 aliphatic carbocycles. The number of nitrogens with one attached hydrogen (secondary N) is 2. The lowest BCUT2D eigenvalue weighted by Crippen LogP contribution is -2.41. The molecule has 1 saturated heterocycles. The minimum Gasteiger partial charge on any atom is -0.495 e. The smallest absolute Gasteiger partial charge is 0.257 e. The van der Waals surface area contributed by atoms with Crippen LogP contribution in [0.4, 0.5) is 16.0 Å². The van der Waals surface area contributed by atoms with Crippen LogP contribution in [0.25, 0.3) is 5.82 Å². The Balaban J connectivity index is 1.34. The molecule has 1 atom stereocenters. The summed E-state index contributed by atoms with van der Waals surface area (Å²) < 4.78 is 27.5. The maximum absolute atomic E-state index is 15.1. The topological polar surface area (TPSA) is 131 Å². The lowest BCUT2D eigenvalue weighted by molar-refractivity contribution is 0.0299. The van der Waals surface area contributed by atoms with E-state index in [9.17, 15) is 14.7 Å². The van der Waals surface area contributed by atoms with Crippen molar-refractivity contribution < 1.29 is 28.6 Å². The van der Waals surface area contributed by atoms with Crippen molar-refractivity contribution in [1.82, 2.24) is 24.8 Å². The molecule has 2 aromatic heterocycles. The molecule has 1 aliphatic heterocycles. The van der Waals surface area contributed by atoms with Gasteiger partial charge in [-0.25, -0.2) is 9.37 Å². The lowest BCUT2D eigenvalue weighted by Gasteiger charge is -2.27. The van der Waals surface area contributed by atoms with Gasteiger partial charge < -0.3 is 34.7 Å². The molecule has 2 aromatic carbocycles. The zero-order valence-electron chi connectivity index (χ0n) is 23.5. The summed E-state index contributed by atoms with van der Waals surface area (Å²) in [5.41, 5.74) is 1.86. The van der Waals surface area contributed by atoms with Crippen molar-refractivity contribution in [3.8, 4) is 11.6 Å². The number of hydrogen-bond acceptors (Lipinski definition) is 8. The Hall–Kier alpha value is -4.52. The summed E-state index contributed by atoms with van der Waals surface area (Å²) in [6, 6.07) is 10.4. The molecule has 1 unspecified atom stereocenters. The average Bonchev–Trinajstić information content (AvgIpc) is 3.51. The highest BCUT2D eigenvalue weighted by molar-refractivity contribution is 6.30. The van der Waals surface area contributed by atoms with E-state index in [0.717, 1.165) is 0 Å². The Kier molecular flexibility index (Phi) is 9.19. The normalized spacial score (nSPS) is 13.8. The highest BCUT2D eigenvalue weighted by atomic mass is 35.5. The molecule has 224 valence electrons. The Morgan fingerprint density at radius 3 is 2.72 bits per heavy atom. The number of aliphatic hydroxyl groups excluding tert-OH is 1. The Bertz CT molecular complexity index is 1640. The first-order chi connectivity index (χ1) is 20.8. The Morgan fingerprint density at radius 2 is 2.00 bits per heavy atom. The van der Waals surface area contributed by atoms with Gasteiger partial charge in [0, 0.05) is 48.3 Å². The molecule has 1 fully saturated rings. The van der Waals surface area contributed by atoms with E-state index in [1.807, 2.05) is 6.92 Å². The maximum Gasteiger partial charge on any atom is 0.257 e. The molecular formula is C30H30ClFN6O5. The van der Waals surface area contributed by atoms with Crippen LogP contribution in [-0.4, -0.2) is 76.4 Å². The molecule has 2 amide bonds. The monoisotopic (exact) mass is 608 g/mol. The van der Waals surface area contributed by atoms with Crippen LogP contribution < -0.4 is 15.4 Å². The molecule has 43 heavy (non-hydrogen) atoms. The number of aliphatic hydroxyl groups is 1. The summed E-state index contributed by atoms with van der Waals surface area (Å²) in [6.07, 6.45) is 4.87. The Morgan fingerprint density at radius 1 is 1.21 bits per heavy atom.